The highest BCUT2D eigenvalue weighted by Gasteiger charge is 2.57. The van der Waals surface area contributed by atoms with E-state index in [0.717, 1.165) is 5.56 Å². The highest BCUT2D eigenvalue weighted by atomic mass is 35.5. The molecular weight excluding hydrogens is 494 g/mol. The predicted octanol–water partition coefficient (Wildman–Crippen LogP) is 3.26. The Morgan fingerprint density at radius 2 is 1.71 bits per heavy atom. The fourth-order valence-corrected chi connectivity index (χ4v) is 6.69. The van der Waals surface area contributed by atoms with E-state index in [1.165, 1.54) is 31.4 Å². The van der Waals surface area contributed by atoms with Crippen molar-refractivity contribution in [2.24, 2.45) is 5.92 Å². The summed E-state index contributed by atoms with van der Waals surface area (Å²) in [6, 6.07) is 9.36. The average Bonchev–Trinajstić information content (AvgIpc) is 2.85. The van der Waals surface area contributed by atoms with Crippen LogP contribution in [0.5, 0.6) is 5.75 Å². The van der Waals surface area contributed by atoms with Crippen molar-refractivity contribution >= 4 is 28.2 Å². The van der Waals surface area contributed by atoms with E-state index in [1.54, 1.807) is 30.0 Å². The Hall–Kier alpha value is -2.24. The van der Waals surface area contributed by atoms with Crippen LogP contribution in [-0.2, 0) is 25.9 Å². The molecule has 0 spiro atoms. The Bertz CT molecular complexity index is 1040. The molecule has 0 bridgehead atoms. The van der Waals surface area contributed by atoms with Crippen molar-refractivity contribution in [1.29, 1.82) is 0 Å². The quantitative estimate of drug-likeness (QED) is 0.317. The molecule has 194 valence electrons. The number of nitrogens with one attached hydrogen (secondary N) is 2. The van der Waals surface area contributed by atoms with Gasteiger partial charge in [-0.2, -0.15) is 0 Å². The molecule has 0 radical (unpaired) electrons. The van der Waals surface area contributed by atoms with Crippen molar-refractivity contribution in [2.45, 2.75) is 68.0 Å². The molecule has 0 saturated heterocycles. The number of pyridine rings is 1. The van der Waals surface area contributed by atoms with Gasteiger partial charge in [-0.1, -0.05) is 0 Å². The molecule has 0 unspecified atom stereocenters. The summed E-state index contributed by atoms with van der Waals surface area (Å²) in [4.78, 5) is 15.1. The van der Waals surface area contributed by atoms with Gasteiger partial charge in [-0.05, 0) is 81.5 Å². The lowest BCUT2D eigenvalue weighted by molar-refractivity contribution is -0.135. The molecule has 1 aromatic heterocycles. The van der Waals surface area contributed by atoms with Gasteiger partial charge in [0, 0.05) is 24.9 Å². The summed E-state index contributed by atoms with van der Waals surface area (Å²) < 4.78 is 39.3. The van der Waals surface area contributed by atoms with Crippen molar-refractivity contribution in [3.63, 3.8) is 0 Å². The Labute approximate surface area is 212 Å². The van der Waals surface area contributed by atoms with E-state index >= 15 is 0 Å². The molecule has 1 aliphatic rings. The monoisotopic (exact) mass is 527 g/mol. The Morgan fingerprint density at radius 1 is 1.11 bits per heavy atom. The first-order chi connectivity index (χ1) is 16.2. The van der Waals surface area contributed by atoms with E-state index in [1.807, 2.05) is 13.8 Å². The Kier molecular flexibility index (Phi) is 10.5. The highest BCUT2D eigenvalue weighted by molar-refractivity contribution is 7.93. The van der Waals surface area contributed by atoms with Crippen LogP contribution in [0.2, 0.25) is 0 Å². The van der Waals surface area contributed by atoms with Crippen LogP contribution in [0.3, 0.4) is 0 Å². The molecular formula is C24H34ClN3O6S. The number of hydroxylamine groups is 1. The summed E-state index contributed by atoms with van der Waals surface area (Å²) in [6.07, 6.45) is 5.33. The standard InChI is InChI=1S/C24H33N3O6S.ClH/c1-17(2)33-21-6-4-19(5-7-21)24(23(28)27-29,26-16-18-12-14-25-15-13-18)34(30,31)22-10-8-20(32-3)9-11-22;/h8-15,17,19,21,26,29H,4-7,16H2,1-3H3,(H,27,28);1H/t19?,21?,24-;/m1./s1. The van der Waals surface area contributed by atoms with Crippen LogP contribution in [0.1, 0.15) is 45.1 Å². The third kappa shape index (κ3) is 6.31. The minimum atomic E-state index is -4.30. The number of sulfone groups is 1. The van der Waals surface area contributed by atoms with Gasteiger partial charge in [0.1, 0.15) is 5.75 Å². The van der Waals surface area contributed by atoms with E-state index in [2.05, 4.69) is 10.3 Å². The number of amides is 1. The van der Waals surface area contributed by atoms with Gasteiger partial charge in [0.2, 0.25) is 14.7 Å². The minimum absolute atomic E-state index is 0. The second-order valence-corrected chi connectivity index (χ2v) is 10.8. The van der Waals surface area contributed by atoms with Gasteiger partial charge in [-0.25, -0.2) is 13.9 Å². The second kappa shape index (κ2) is 12.6. The number of hydrogen-bond acceptors (Lipinski definition) is 8. The largest absolute Gasteiger partial charge is 0.497 e. The molecule has 35 heavy (non-hydrogen) atoms. The highest BCUT2D eigenvalue weighted by Crippen LogP contribution is 2.41. The summed E-state index contributed by atoms with van der Waals surface area (Å²) in [6.45, 7) is 4.01. The number of halogens is 1. The number of nitrogens with zero attached hydrogens (tertiary/aromatic N) is 1. The zero-order chi connectivity index (χ0) is 24.8. The first-order valence-corrected chi connectivity index (χ1v) is 12.9. The summed E-state index contributed by atoms with van der Waals surface area (Å²) in [5, 5.41) is 12.7. The topological polar surface area (TPSA) is 127 Å². The molecule has 1 fully saturated rings. The fraction of sp³-hybridized carbons (Fsp3) is 0.500. The lowest BCUT2D eigenvalue weighted by atomic mass is 9.81. The third-order valence-corrected chi connectivity index (χ3v) is 8.65. The summed E-state index contributed by atoms with van der Waals surface area (Å²) in [7, 11) is -2.82. The first-order valence-electron chi connectivity index (χ1n) is 11.4. The van der Waals surface area contributed by atoms with Gasteiger partial charge >= 0.3 is 0 Å². The van der Waals surface area contributed by atoms with Crippen LogP contribution in [0.4, 0.5) is 0 Å². The SMILES string of the molecule is COc1ccc(S(=O)(=O)[C@@](NCc2ccncc2)(C(=O)NO)C2CCC(OC(C)C)CC2)cc1.Cl. The van der Waals surface area contributed by atoms with Crippen LogP contribution in [-0.4, -0.2) is 48.7 Å². The zero-order valence-corrected chi connectivity index (χ0v) is 21.8. The maximum atomic E-state index is 14.1. The van der Waals surface area contributed by atoms with Crippen molar-refractivity contribution < 1.29 is 27.9 Å². The van der Waals surface area contributed by atoms with Gasteiger partial charge < -0.3 is 9.47 Å². The molecule has 9 nitrogen and oxygen atoms in total. The van der Waals surface area contributed by atoms with Crippen molar-refractivity contribution in [3.05, 3.63) is 54.4 Å². The summed E-state index contributed by atoms with van der Waals surface area (Å²) in [5.74, 6) is -1.11. The van der Waals surface area contributed by atoms with Gasteiger partial charge in [0.05, 0.1) is 24.2 Å². The lowest BCUT2D eigenvalue weighted by Gasteiger charge is -2.42. The van der Waals surface area contributed by atoms with E-state index in [4.69, 9.17) is 9.47 Å². The molecule has 1 amide bonds. The molecule has 1 aromatic carbocycles. The normalized spacial score (nSPS) is 19.9. The molecule has 1 aliphatic carbocycles. The average molecular weight is 528 g/mol. The van der Waals surface area contributed by atoms with E-state index in [9.17, 15) is 18.4 Å². The number of rotatable bonds is 10. The van der Waals surface area contributed by atoms with Crippen molar-refractivity contribution in [3.8, 4) is 5.75 Å². The van der Waals surface area contributed by atoms with Crippen LogP contribution < -0.4 is 15.5 Å². The molecule has 1 atom stereocenters. The number of benzene rings is 1. The van der Waals surface area contributed by atoms with Crippen LogP contribution in [0, 0.1) is 5.92 Å². The number of ether oxygens (including phenoxy) is 2. The maximum Gasteiger partial charge on any atom is 0.280 e. The molecule has 1 heterocycles. The number of carbonyl (C=O) groups is 1. The van der Waals surface area contributed by atoms with Crippen LogP contribution in [0.15, 0.2) is 53.7 Å². The summed E-state index contributed by atoms with van der Waals surface area (Å²) >= 11 is 0. The second-order valence-electron chi connectivity index (χ2n) is 8.72. The lowest BCUT2D eigenvalue weighted by Crippen LogP contribution is -2.66. The molecule has 3 N–H and O–H groups in total. The van der Waals surface area contributed by atoms with Gasteiger partial charge in [-0.3, -0.25) is 20.3 Å². The van der Waals surface area contributed by atoms with Gasteiger partial charge in [0.25, 0.3) is 5.91 Å². The Morgan fingerprint density at radius 3 is 2.23 bits per heavy atom. The van der Waals surface area contributed by atoms with Crippen molar-refractivity contribution in [1.82, 2.24) is 15.8 Å². The smallest absolute Gasteiger partial charge is 0.280 e. The number of carbonyl (C=O) groups excluding carboxylic acids is 1. The molecule has 11 heteroatoms. The molecule has 0 aliphatic heterocycles. The molecule has 1 saturated carbocycles. The molecule has 2 aromatic rings. The maximum absolute atomic E-state index is 14.1. The van der Waals surface area contributed by atoms with Crippen LogP contribution in [0.25, 0.3) is 0 Å². The first kappa shape index (κ1) is 29.0. The van der Waals surface area contributed by atoms with Crippen LogP contribution >= 0.6 is 12.4 Å². The molecule has 3 rings (SSSR count). The number of aromatic nitrogens is 1. The predicted molar refractivity (Wildman–Crippen MR) is 133 cm³/mol. The number of hydrogen-bond donors (Lipinski definition) is 3. The van der Waals surface area contributed by atoms with E-state index < -0.39 is 26.5 Å². The Balaban J connectivity index is 0.00000432. The summed E-state index contributed by atoms with van der Waals surface area (Å²) in [5.41, 5.74) is 2.39. The number of methoxy groups -OCH3 is 1. The van der Waals surface area contributed by atoms with E-state index in [0.29, 0.717) is 31.4 Å². The van der Waals surface area contributed by atoms with Gasteiger partial charge in [-0.15, -0.1) is 12.4 Å². The minimum Gasteiger partial charge on any atom is -0.497 e. The third-order valence-electron chi connectivity index (χ3n) is 6.25. The van der Waals surface area contributed by atoms with Crippen molar-refractivity contribution in [2.75, 3.05) is 7.11 Å². The zero-order valence-electron chi connectivity index (χ0n) is 20.1. The fourth-order valence-electron chi connectivity index (χ4n) is 4.59. The van der Waals surface area contributed by atoms with E-state index in [-0.39, 0.29) is 36.1 Å². The van der Waals surface area contributed by atoms with Gasteiger partial charge in [0.15, 0.2) is 0 Å².